The summed E-state index contributed by atoms with van der Waals surface area (Å²) in [6.07, 6.45) is 1.36. The minimum atomic E-state index is -0.960. The maximum atomic E-state index is 11.9. The first kappa shape index (κ1) is 17.6. The van der Waals surface area contributed by atoms with Crippen molar-refractivity contribution in [3.05, 3.63) is 35.9 Å². The number of aliphatic hydroxyl groups is 1. The number of nitrogens with two attached hydrogens (primary N) is 1. The summed E-state index contributed by atoms with van der Waals surface area (Å²) in [5.74, 6) is -0.218. The van der Waals surface area contributed by atoms with Crippen molar-refractivity contribution >= 4 is 5.91 Å². The van der Waals surface area contributed by atoms with Gasteiger partial charge in [0.05, 0.1) is 11.6 Å². The quantitative estimate of drug-likeness (QED) is 0.647. The first-order valence-electron chi connectivity index (χ1n) is 7.24. The molecule has 0 radical (unpaired) electrons. The van der Waals surface area contributed by atoms with E-state index in [1.54, 1.807) is 6.92 Å². The number of benzene rings is 1. The summed E-state index contributed by atoms with van der Waals surface area (Å²) in [5.41, 5.74) is 6.10. The molecule has 1 aromatic carbocycles. The number of carbonyl (C=O) groups excluding carboxylic acids is 1. The Hall–Kier alpha value is -1.43. The second-order valence-electron chi connectivity index (χ2n) is 6.08. The second-order valence-corrected chi connectivity index (χ2v) is 6.08. The molecule has 0 aliphatic rings. The van der Waals surface area contributed by atoms with E-state index in [0.29, 0.717) is 13.0 Å². The van der Waals surface area contributed by atoms with Crippen molar-refractivity contribution in [3.8, 4) is 0 Å². The van der Waals surface area contributed by atoms with E-state index in [2.05, 4.69) is 5.32 Å². The molecule has 0 aromatic heterocycles. The number of aryl methyl sites for hydroxylation is 1. The molecule has 0 saturated carbocycles. The van der Waals surface area contributed by atoms with E-state index in [-0.39, 0.29) is 12.5 Å². The number of nitrogens with zero attached hydrogens (tertiary/aromatic N) is 1. The monoisotopic (exact) mass is 293 g/mol. The lowest BCUT2D eigenvalue weighted by Gasteiger charge is -2.27. The lowest BCUT2D eigenvalue weighted by Crippen LogP contribution is -2.50. The number of nitrogens with one attached hydrogen (secondary N) is 1. The summed E-state index contributed by atoms with van der Waals surface area (Å²) in [6, 6.07) is 9.39. The van der Waals surface area contributed by atoms with Crippen LogP contribution in [0.25, 0.3) is 0 Å². The molecule has 0 aliphatic heterocycles. The lowest BCUT2D eigenvalue weighted by molar-refractivity contribution is -0.123. The Balaban J connectivity index is 2.34. The highest BCUT2D eigenvalue weighted by Gasteiger charge is 2.23. The van der Waals surface area contributed by atoms with Gasteiger partial charge in [-0.1, -0.05) is 30.3 Å². The first-order chi connectivity index (χ1) is 9.80. The third-order valence-electron chi connectivity index (χ3n) is 3.22. The Morgan fingerprint density at radius 3 is 2.57 bits per heavy atom. The van der Waals surface area contributed by atoms with Crippen LogP contribution in [-0.2, 0) is 11.2 Å². The lowest BCUT2D eigenvalue weighted by atomic mass is 10.0. The number of hydrogen-bond donors (Lipinski definition) is 3. The zero-order chi connectivity index (χ0) is 15.9. The van der Waals surface area contributed by atoms with E-state index < -0.39 is 11.6 Å². The first-order valence-corrected chi connectivity index (χ1v) is 7.24. The van der Waals surface area contributed by atoms with E-state index >= 15 is 0 Å². The highest BCUT2D eigenvalue weighted by atomic mass is 16.3. The molecule has 0 fully saturated rings. The number of likely N-dealkylation sites (N-methyl/N-ethyl adjacent to an activating group) is 1. The molecular formula is C16H27N3O2. The van der Waals surface area contributed by atoms with Crippen molar-refractivity contribution in [2.75, 3.05) is 27.2 Å². The van der Waals surface area contributed by atoms with Crippen LogP contribution < -0.4 is 11.1 Å². The number of amides is 1. The Morgan fingerprint density at radius 2 is 2.00 bits per heavy atom. The van der Waals surface area contributed by atoms with Crippen LogP contribution in [0.1, 0.15) is 18.9 Å². The molecular weight excluding hydrogens is 266 g/mol. The molecule has 0 bridgehead atoms. The van der Waals surface area contributed by atoms with Gasteiger partial charge in [0.25, 0.3) is 0 Å². The molecule has 2 unspecified atom stereocenters. The molecule has 0 saturated heterocycles. The van der Waals surface area contributed by atoms with Gasteiger partial charge in [-0.3, -0.25) is 4.79 Å². The molecule has 21 heavy (non-hydrogen) atoms. The molecule has 118 valence electrons. The van der Waals surface area contributed by atoms with Crippen molar-refractivity contribution < 1.29 is 9.90 Å². The van der Waals surface area contributed by atoms with E-state index in [1.165, 1.54) is 5.56 Å². The van der Waals surface area contributed by atoms with Crippen LogP contribution in [0.4, 0.5) is 0 Å². The van der Waals surface area contributed by atoms with Gasteiger partial charge in [-0.2, -0.15) is 0 Å². The minimum absolute atomic E-state index is 0.197. The second kappa shape index (κ2) is 8.12. The van der Waals surface area contributed by atoms with E-state index in [9.17, 15) is 9.90 Å². The topological polar surface area (TPSA) is 78.6 Å². The molecule has 1 amide bonds. The van der Waals surface area contributed by atoms with Crippen LogP contribution >= 0.6 is 0 Å². The summed E-state index contributed by atoms with van der Waals surface area (Å²) in [6.45, 7) is 2.37. The summed E-state index contributed by atoms with van der Waals surface area (Å²) in [7, 11) is 3.75. The number of rotatable bonds is 8. The van der Waals surface area contributed by atoms with Gasteiger partial charge >= 0.3 is 0 Å². The highest BCUT2D eigenvalue weighted by molar-refractivity contribution is 5.81. The standard InChI is InChI=1S/C16H27N3O2/c1-16(21,12-19(2)3)11-18-15(20)14(17)10-9-13-7-5-4-6-8-13/h4-8,14,21H,9-12,17H2,1-3H3,(H,18,20). The average Bonchev–Trinajstić information content (AvgIpc) is 2.42. The van der Waals surface area contributed by atoms with E-state index in [4.69, 9.17) is 5.73 Å². The van der Waals surface area contributed by atoms with Crippen LogP contribution in [0.2, 0.25) is 0 Å². The normalized spacial score (nSPS) is 15.5. The van der Waals surface area contributed by atoms with Gasteiger partial charge in [-0.15, -0.1) is 0 Å². The van der Waals surface area contributed by atoms with Gasteiger partial charge in [-0.05, 0) is 39.4 Å². The van der Waals surface area contributed by atoms with Crippen molar-refractivity contribution in [1.82, 2.24) is 10.2 Å². The third kappa shape index (κ3) is 7.22. The Kier molecular flexibility index (Phi) is 6.81. The maximum absolute atomic E-state index is 11.9. The van der Waals surface area contributed by atoms with Gasteiger partial charge in [-0.25, -0.2) is 0 Å². The Labute approximate surface area is 127 Å². The average molecular weight is 293 g/mol. The molecule has 0 spiro atoms. The van der Waals surface area contributed by atoms with Crippen molar-refractivity contribution in [1.29, 1.82) is 0 Å². The summed E-state index contributed by atoms with van der Waals surface area (Å²) in [5, 5.41) is 12.8. The summed E-state index contributed by atoms with van der Waals surface area (Å²) >= 11 is 0. The van der Waals surface area contributed by atoms with Crippen LogP contribution in [0.5, 0.6) is 0 Å². The Bertz CT molecular complexity index is 432. The highest BCUT2D eigenvalue weighted by Crippen LogP contribution is 2.05. The third-order valence-corrected chi connectivity index (χ3v) is 3.22. The predicted octanol–water partition coefficient (Wildman–Crippen LogP) is 0.375. The molecule has 2 atom stereocenters. The Morgan fingerprint density at radius 1 is 1.38 bits per heavy atom. The number of hydrogen-bond acceptors (Lipinski definition) is 4. The van der Waals surface area contributed by atoms with Gasteiger partial charge in [0, 0.05) is 13.1 Å². The van der Waals surface area contributed by atoms with Crippen LogP contribution in [0.3, 0.4) is 0 Å². The molecule has 0 heterocycles. The summed E-state index contributed by atoms with van der Waals surface area (Å²) in [4.78, 5) is 13.8. The van der Waals surface area contributed by atoms with Crippen molar-refractivity contribution in [2.24, 2.45) is 5.73 Å². The maximum Gasteiger partial charge on any atom is 0.237 e. The van der Waals surface area contributed by atoms with Crippen LogP contribution in [0.15, 0.2) is 30.3 Å². The zero-order valence-corrected chi connectivity index (χ0v) is 13.2. The van der Waals surface area contributed by atoms with Crippen LogP contribution in [-0.4, -0.2) is 54.7 Å². The van der Waals surface area contributed by atoms with Crippen LogP contribution in [0, 0.1) is 0 Å². The van der Waals surface area contributed by atoms with Gasteiger partial charge in [0.15, 0.2) is 0 Å². The fourth-order valence-corrected chi connectivity index (χ4v) is 2.24. The van der Waals surface area contributed by atoms with Gasteiger partial charge in [0.2, 0.25) is 5.91 Å². The minimum Gasteiger partial charge on any atom is -0.387 e. The number of carbonyl (C=O) groups is 1. The molecule has 1 aromatic rings. The van der Waals surface area contributed by atoms with E-state index in [1.807, 2.05) is 49.3 Å². The largest absolute Gasteiger partial charge is 0.387 e. The molecule has 1 rings (SSSR count). The molecule has 0 aliphatic carbocycles. The molecule has 5 nitrogen and oxygen atoms in total. The smallest absolute Gasteiger partial charge is 0.237 e. The summed E-state index contributed by atoms with van der Waals surface area (Å²) < 4.78 is 0. The van der Waals surface area contributed by atoms with E-state index in [0.717, 1.165) is 6.42 Å². The predicted molar refractivity (Wildman–Crippen MR) is 84.9 cm³/mol. The fourth-order valence-electron chi connectivity index (χ4n) is 2.24. The fraction of sp³-hybridized carbons (Fsp3) is 0.562. The van der Waals surface area contributed by atoms with Gasteiger partial charge in [0.1, 0.15) is 0 Å². The molecule has 5 heteroatoms. The molecule has 4 N–H and O–H groups in total. The van der Waals surface area contributed by atoms with Gasteiger partial charge < -0.3 is 21.1 Å². The SMILES string of the molecule is CN(C)CC(C)(O)CNC(=O)C(N)CCc1ccccc1. The van der Waals surface area contributed by atoms with Crippen molar-refractivity contribution in [3.63, 3.8) is 0 Å². The zero-order valence-electron chi connectivity index (χ0n) is 13.2. The van der Waals surface area contributed by atoms with Crippen molar-refractivity contribution in [2.45, 2.75) is 31.4 Å².